The molecule has 2 heterocycles. The van der Waals surface area contributed by atoms with E-state index in [2.05, 4.69) is 62.2 Å². The number of allylic oxidation sites excluding steroid dienone is 3. The number of aryl methyl sites for hydroxylation is 1. The lowest BCUT2D eigenvalue weighted by Crippen LogP contribution is -2.31. The highest BCUT2D eigenvalue weighted by atomic mass is 15.2. The van der Waals surface area contributed by atoms with E-state index in [1.54, 1.807) is 0 Å². The van der Waals surface area contributed by atoms with Crippen LogP contribution in [0.5, 0.6) is 0 Å². The Morgan fingerprint density at radius 3 is 2.17 bits per heavy atom. The fourth-order valence-electron chi connectivity index (χ4n) is 4.43. The number of rotatable bonds is 7. The molecule has 3 unspecified atom stereocenters. The predicted molar refractivity (Wildman–Crippen MR) is 134 cm³/mol. The first kappa shape index (κ1) is 26.7. The maximum absolute atomic E-state index is 4.30. The van der Waals surface area contributed by atoms with Crippen LogP contribution in [0.3, 0.4) is 0 Å². The maximum atomic E-state index is 4.30. The second-order valence-electron chi connectivity index (χ2n) is 8.81. The van der Waals surface area contributed by atoms with Gasteiger partial charge in [0.2, 0.25) is 0 Å². The van der Waals surface area contributed by atoms with E-state index < -0.39 is 0 Å². The molecule has 3 rings (SSSR count). The van der Waals surface area contributed by atoms with Crippen LogP contribution in [-0.4, -0.2) is 34.3 Å². The van der Waals surface area contributed by atoms with Crippen molar-refractivity contribution in [3.63, 3.8) is 0 Å². The van der Waals surface area contributed by atoms with Gasteiger partial charge >= 0.3 is 0 Å². The van der Waals surface area contributed by atoms with Gasteiger partial charge in [-0.1, -0.05) is 97.8 Å². The van der Waals surface area contributed by atoms with Gasteiger partial charge in [0.1, 0.15) is 0 Å². The summed E-state index contributed by atoms with van der Waals surface area (Å²) in [7, 11) is 4.25. The maximum Gasteiger partial charge on any atom is 0.0568 e. The minimum Gasteiger partial charge on any atom is -0.300 e. The van der Waals surface area contributed by atoms with Crippen molar-refractivity contribution in [1.82, 2.24) is 14.7 Å². The molecule has 1 aliphatic heterocycles. The van der Waals surface area contributed by atoms with Gasteiger partial charge < -0.3 is 0 Å². The summed E-state index contributed by atoms with van der Waals surface area (Å²) in [6.45, 7) is 12.1. The van der Waals surface area contributed by atoms with Crippen LogP contribution in [0.15, 0.2) is 30.6 Å². The summed E-state index contributed by atoms with van der Waals surface area (Å²) >= 11 is 0. The van der Waals surface area contributed by atoms with Crippen LogP contribution >= 0.6 is 0 Å². The van der Waals surface area contributed by atoms with E-state index in [9.17, 15) is 0 Å². The quantitative estimate of drug-likeness (QED) is 0.430. The standard InChI is InChI=1S/C17H25N3.C8H18.C2H6/c1-4-13-7-14-8-15(16-10-18-20(3)12-16)5-6-17(9-14)19(2)11-13;1-3-5-7-8-6-4-2;1-2/h5-6,8,10,12-14,17H,4,7,9,11H2,1-3H3;3-8H2,1-2H3;1-2H3. The molecule has 0 radical (unpaired) electrons. The Morgan fingerprint density at radius 2 is 1.63 bits per heavy atom. The molecule has 0 amide bonds. The van der Waals surface area contributed by atoms with Gasteiger partial charge in [-0.05, 0) is 37.3 Å². The fourth-order valence-corrected chi connectivity index (χ4v) is 4.43. The number of hydrogen-bond donors (Lipinski definition) is 0. The molecule has 2 aliphatic rings. The van der Waals surface area contributed by atoms with Crippen molar-refractivity contribution in [2.75, 3.05) is 13.6 Å². The Hall–Kier alpha value is -1.35. The molecule has 3 heteroatoms. The molecular formula is C27H49N3. The Morgan fingerprint density at radius 1 is 0.967 bits per heavy atom. The molecule has 0 spiro atoms. The largest absolute Gasteiger partial charge is 0.300 e. The molecule has 3 atom stereocenters. The number of nitrogens with zero attached hydrogens (tertiary/aromatic N) is 3. The van der Waals surface area contributed by atoms with Crippen LogP contribution in [0.1, 0.15) is 98.0 Å². The van der Waals surface area contributed by atoms with Crippen LogP contribution < -0.4 is 0 Å². The number of fused-ring (bicyclic) bond motifs is 2. The normalized spacial score (nSPS) is 23.3. The van der Waals surface area contributed by atoms with Crippen molar-refractivity contribution in [3.8, 4) is 0 Å². The zero-order valence-electron chi connectivity index (χ0n) is 21.0. The van der Waals surface area contributed by atoms with Crippen molar-refractivity contribution in [2.24, 2.45) is 18.9 Å². The van der Waals surface area contributed by atoms with Crippen molar-refractivity contribution in [1.29, 1.82) is 0 Å². The van der Waals surface area contributed by atoms with Crippen molar-refractivity contribution >= 4 is 5.57 Å². The van der Waals surface area contributed by atoms with Crippen molar-refractivity contribution in [3.05, 3.63) is 36.2 Å². The van der Waals surface area contributed by atoms with E-state index >= 15 is 0 Å². The second-order valence-corrected chi connectivity index (χ2v) is 8.81. The lowest BCUT2D eigenvalue weighted by molar-refractivity contribution is 0.252. The summed E-state index contributed by atoms with van der Waals surface area (Å²) in [5.41, 5.74) is 2.58. The molecule has 30 heavy (non-hydrogen) atoms. The highest BCUT2D eigenvalue weighted by Crippen LogP contribution is 2.33. The van der Waals surface area contributed by atoms with E-state index in [-0.39, 0.29) is 0 Å². The summed E-state index contributed by atoms with van der Waals surface area (Å²) < 4.78 is 1.88. The Kier molecular flexibility index (Phi) is 13.7. The summed E-state index contributed by atoms with van der Waals surface area (Å²) in [5.74, 6) is 1.52. The molecular weight excluding hydrogens is 366 g/mol. The third-order valence-electron chi connectivity index (χ3n) is 6.28. The van der Waals surface area contributed by atoms with Crippen LogP contribution in [0, 0.1) is 11.8 Å². The van der Waals surface area contributed by atoms with Crippen molar-refractivity contribution in [2.45, 2.75) is 98.4 Å². The molecule has 1 saturated heterocycles. The summed E-state index contributed by atoms with van der Waals surface area (Å²) in [6.07, 6.45) is 23.6. The molecule has 1 aromatic rings. The number of aromatic nitrogens is 2. The van der Waals surface area contributed by atoms with E-state index in [1.165, 1.54) is 75.5 Å². The van der Waals surface area contributed by atoms with E-state index in [4.69, 9.17) is 0 Å². The van der Waals surface area contributed by atoms with Crippen molar-refractivity contribution < 1.29 is 0 Å². The average molecular weight is 416 g/mol. The van der Waals surface area contributed by atoms with Crippen LogP contribution in [0.4, 0.5) is 0 Å². The molecule has 3 nitrogen and oxygen atoms in total. The zero-order valence-corrected chi connectivity index (χ0v) is 21.0. The lowest BCUT2D eigenvalue weighted by atomic mass is 9.89. The molecule has 0 aromatic carbocycles. The van der Waals surface area contributed by atoms with E-state index in [0.717, 1.165) is 5.92 Å². The van der Waals surface area contributed by atoms with Gasteiger partial charge in [0.05, 0.1) is 6.20 Å². The third-order valence-corrected chi connectivity index (χ3v) is 6.28. The Bertz CT molecular complexity index is 607. The van der Waals surface area contributed by atoms with Gasteiger partial charge in [-0.25, -0.2) is 0 Å². The third kappa shape index (κ3) is 9.20. The first-order valence-corrected chi connectivity index (χ1v) is 12.7. The molecule has 0 N–H and O–H groups in total. The highest BCUT2D eigenvalue weighted by Gasteiger charge is 2.28. The summed E-state index contributed by atoms with van der Waals surface area (Å²) in [4.78, 5) is 2.53. The molecule has 0 saturated carbocycles. The molecule has 1 fully saturated rings. The topological polar surface area (TPSA) is 21.1 Å². The minimum atomic E-state index is 0.585. The Labute approximate surface area is 187 Å². The predicted octanol–water partition coefficient (Wildman–Crippen LogP) is 7.50. The molecule has 1 aliphatic carbocycles. The Balaban J connectivity index is 0.000000383. The smallest absolute Gasteiger partial charge is 0.0568 e. The van der Waals surface area contributed by atoms with Gasteiger partial charge in [0, 0.05) is 31.4 Å². The average Bonchev–Trinajstić information content (AvgIpc) is 3.00. The second kappa shape index (κ2) is 15.5. The zero-order chi connectivity index (χ0) is 22.4. The number of likely N-dealkylation sites (N-methyl/N-ethyl adjacent to an activating group) is 1. The van der Waals surface area contributed by atoms with Gasteiger partial charge in [-0.2, -0.15) is 5.10 Å². The highest BCUT2D eigenvalue weighted by molar-refractivity contribution is 5.74. The molecule has 1 aromatic heterocycles. The van der Waals surface area contributed by atoms with Crippen LogP contribution in [0.2, 0.25) is 0 Å². The summed E-state index contributed by atoms with van der Waals surface area (Å²) in [6, 6.07) is 0.585. The monoisotopic (exact) mass is 415 g/mol. The minimum absolute atomic E-state index is 0.585. The van der Waals surface area contributed by atoms with Gasteiger partial charge in [-0.3, -0.25) is 9.58 Å². The lowest BCUT2D eigenvalue weighted by Gasteiger charge is -2.24. The first-order valence-electron chi connectivity index (χ1n) is 12.7. The first-order chi connectivity index (χ1) is 14.6. The van der Waals surface area contributed by atoms with Gasteiger partial charge in [0.15, 0.2) is 0 Å². The summed E-state index contributed by atoms with van der Waals surface area (Å²) in [5, 5.41) is 4.30. The number of hydrogen-bond acceptors (Lipinski definition) is 2. The van der Waals surface area contributed by atoms with Gasteiger partial charge in [-0.15, -0.1) is 0 Å². The number of unbranched alkanes of at least 4 members (excludes halogenated alkanes) is 5. The van der Waals surface area contributed by atoms with Crippen LogP contribution in [-0.2, 0) is 7.05 Å². The fraction of sp³-hybridized carbons (Fsp3) is 0.741. The number of likely N-dealkylation sites (tertiary alicyclic amines) is 1. The van der Waals surface area contributed by atoms with Crippen LogP contribution in [0.25, 0.3) is 5.57 Å². The molecule has 2 bridgehead atoms. The van der Waals surface area contributed by atoms with E-state index in [1.807, 2.05) is 31.8 Å². The van der Waals surface area contributed by atoms with Gasteiger partial charge in [0.25, 0.3) is 0 Å². The molecule has 172 valence electrons. The SMILES string of the molecule is CC.CCC1CC2C=C(c3cnn(C)c3)C=CC(C2)N(C)C1.CCCCCCCC. The van der Waals surface area contributed by atoms with E-state index in [0.29, 0.717) is 12.0 Å².